The maximum Gasteiger partial charge on any atom is 0.341 e. The molecule has 2 aliphatic heterocycles. The fourth-order valence-electron chi connectivity index (χ4n) is 3.74. The van der Waals surface area contributed by atoms with Crippen LogP contribution in [0.25, 0.3) is 0 Å². The molecule has 1 aromatic heterocycles. The van der Waals surface area contributed by atoms with E-state index in [1.54, 1.807) is 29.9 Å². The summed E-state index contributed by atoms with van der Waals surface area (Å²) >= 11 is 0. The van der Waals surface area contributed by atoms with Crippen LogP contribution >= 0.6 is 0 Å². The first-order valence-electron chi connectivity index (χ1n) is 10.9. The number of carbonyl (C=O) groups excluding carboxylic acids is 2. The first-order valence-corrected chi connectivity index (χ1v) is 10.9. The highest BCUT2D eigenvalue weighted by molar-refractivity contribution is 5.91. The van der Waals surface area contributed by atoms with Crippen molar-refractivity contribution in [1.82, 2.24) is 19.9 Å². The molecule has 12 heteroatoms. The molecule has 1 atom stereocenters. The second-order valence-electron chi connectivity index (χ2n) is 8.36. The third-order valence-electron chi connectivity index (χ3n) is 5.63. The van der Waals surface area contributed by atoms with Gasteiger partial charge >= 0.3 is 6.03 Å². The molecule has 3 heterocycles. The number of amides is 3. The van der Waals surface area contributed by atoms with Crippen molar-refractivity contribution in [3.8, 4) is 0 Å². The SMILES string of the molecule is CC(C)C(=O)Nc1nc(N2CCN(C(=O)N3N=CC[C@H]3c3cc(F)cc(F)c3)CC2)ncc1F. The van der Waals surface area contributed by atoms with Gasteiger partial charge in [-0.05, 0) is 17.7 Å². The Bertz CT molecular complexity index is 1100. The van der Waals surface area contributed by atoms with E-state index in [4.69, 9.17) is 0 Å². The molecule has 1 fully saturated rings. The molecule has 0 radical (unpaired) electrons. The molecule has 9 nitrogen and oxygen atoms in total. The standard InChI is InChI=1S/C22H24F3N7O2/c1-13(2)20(33)28-19-17(25)12-26-21(29-19)30-5-7-31(8-6-30)22(34)32-18(3-4-27-32)14-9-15(23)11-16(24)10-14/h4,9-13,18H,3,5-8H2,1-2H3,(H,26,28,29,33)/t18-/m0/s1. The third-order valence-corrected chi connectivity index (χ3v) is 5.63. The summed E-state index contributed by atoms with van der Waals surface area (Å²) < 4.78 is 41.4. The lowest BCUT2D eigenvalue weighted by atomic mass is 10.0. The summed E-state index contributed by atoms with van der Waals surface area (Å²) in [5, 5.41) is 7.80. The Labute approximate surface area is 194 Å². The minimum atomic E-state index is -0.738. The monoisotopic (exact) mass is 475 g/mol. The second-order valence-corrected chi connectivity index (χ2v) is 8.36. The van der Waals surface area contributed by atoms with Crippen molar-refractivity contribution in [1.29, 1.82) is 0 Å². The van der Waals surface area contributed by atoms with Gasteiger partial charge in [0, 0.05) is 50.8 Å². The van der Waals surface area contributed by atoms with Crippen LogP contribution < -0.4 is 10.2 Å². The summed E-state index contributed by atoms with van der Waals surface area (Å²) in [5.41, 5.74) is 0.331. The molecule has 4 rings (SSSR count). The number of carbonyl (C=O) groups is 2. The number of halogens is 3. The van der Waals surface area contributed by atoms with Crippen LogP contribution in [0.4, 0.5) is 29.7 Å². The van der Waals surface area contributed by atoms with Crippen LogP contribution in [-0.4, -0.2) is 64.2 Å². The number of hydrogen-bond donors (Lipinski definition) is 1. The number of benzene rings is 1. The Kier molecular flexibility index (Phi) is 6.66. The molecule has 0 aliphatic carbocycles. The number of hydrogen-bond acceptors (Lipinski definition) is 6. The fraction of sp³-hybridized carbons (Fsp3) is 0.409. The predicted octanol–water partition coefficient (Wildman–Crippen LogP) is 3.16. The summed E-state index contributed by atoms with van der Waals surface area (Å²) in [6.07, 6.45) is 2.89. The van der Waals surface area contributed by atoms with Gasteiger partial charge in [-0.2, -0.15) is 10.1 Å². The van der Waals surface area contributed by atoms with E-state index >= 15 is 0 Å². The summed E-state index contributed by atoms with van der Waals surface area (Å²) in [5.74, 6) is -2.83. The molecule has 3 amide bonds. The zero-order valence-corrected chi connectivity index (χ0v) is 18.7. The number of piperazine rings is 1. The Hall–Kier alpha value is -3.70. The maximum atomic E-state index is 14.1. The van der Waals surface area contributed by atoms with E-state index in [2.05, 4.69) is 20.4 Å². The number of hydrazone groups is 1. The fourth-order valence-corrected chi connectivity index (χ4v) is 3.74. The van der Waals surface area contributed by atoms with Gasteiger partial charge in [-0.15, -0.1) is 0 Å². The number of urea groups is 1. The van der Waals surface area contributed by atoms with Crippen LogP contribution in [-0.2, 0) is 4.79 Å². The number of nitrogens with zero attached hydrogens (tertiary/aromatic N) is 6. The highest BCUT2D eigenvalue weighted by Gasteiger charge is 2.34. The summed E-state index contributed by atoms with van der Waals surface area (Å²) in [6, 6.07) is 2.20. The number of rotatable bonds is 4. The van der Waals surface area contributed by atoms with E-state index in [0.29, 0.717) is 38.2 Å². The van der Waals surface area contributed by atoms with Gasteiger partial charge in [0.25, 0.3) is 0 Å². The molecular formula is C22H24F3N7O2. The normalized spacial score (nSPS) is 18.1. The van der Waals surface area contributed by atoms with Gasteiger partial charge in [-0.1, -0.05) is 13.8 Å². The molecule has 1 N–H and O–H groups in total. The van der Waals surface area contributed by atoms with Gasteiger partial charge in [-0.25, -0.2) is 28.0 Å². The molecular weight excluding hydrogens is 451 g/mol. The molecule has 0 saturated carbocycles. The van der Waals surface area contributed by atoms with Crippen molar-refractivity contribution in [3.63, 3.8) is 0 Å². The van der Waals surface area contributed by atoms with Gasteiger partial charge in [-0.3, -0.25) is 4.79 Å². The lowest BCUT2D eigenvalue weighted by Gasteiger charge is -2.37. The third kappa shape index (κ3) is 4.95. The van der Waals surface area contributed by atoms with Crippen LogP contribution in [0.3, 0.4) is 0 Å². The van der Waals surface area contributed by atoms with E-state index < -0.39 is 23.5 Å². The van der Waals surface area contributed by atoms with Gasteiger partial charge in [0.1, 0.15) is 11.6 Å². The Balaban J connectivity index is 1.41. The molecule has 1 saturated heterocycles. The van der Waals surface area contributed by atoms with Crippen LogP contribution in [0.2, 0.25) is 0 Å². The van der Waals surface area contributed by atoms with Crippen molar-refractivity contribution < 1.29 is 22.8 Å². The number of anilines is 2. The highest BCUT2D eigenvalue weighted by atomic mass is 19.1. The van der Waals surface area contributed by atoms with Crippen LogP contribution in [0, 0.1) is 23.4 Å². The van der Waals surface area contributed by atoms with E-state index in [1.165, 1.54) is 17.1 Å². The van der Waals surface area contributed by atoms with Crippen LogP contribution in [0.1, 0.15) is 31.9 Å². The molecule has 0 bridgehead atoms. The molecule has 34 heavy (non-hydrogen) atoms. The minimum absolute atomic E-state index is 0.196. The maximum absolute atomic E-state index is 14.1. The van der Waals surface area contributed by atoms with Crippen molar-refractivity contribution in [2.45, 2.75) is 26.3 Å². The summed E-state index contributed by atoms with van der Waals surface area (Å²) in [7, 11) is 0. The lowest BCUT2D eigenvalue weighted by Crippen LogP contribution is -2.52. The van der Waals surface area contributed by atoms with Gasteiger partial charge in [0.2, 0.25) is 11.9 Å². The molecule has 1 aromatic carbocycles. The van der Waals surface area contributed by atoms with E-state index in [1.807, 2.05) is 0 Å². The van der Waals surface area contributed by atoms with Crippen molar-refractivity contribution in [2.24, 2.45) is 11.0 Å². The van der Waals surface area contributed by atoms with Crippen molar-refractivity contribution in [2.75, 3.05) is 36.4 Å². The van der Waals surface area contributed by atoms with E-state index in [0.717, 1.165) is 12.3 Å². The first kappa shape index (κ1) is 23.5. The highest BCUT2D eigenvalue weighted by Crippen LogP contribution is 2.30. The molecule has 2 aliphatic rings. The molecule has 0 unspecified atom stereocenters. The Morgan fingerprint density at radius 2 is 1.74 bits per heavy atom. The molecule has 180 valence electrons. The summed E-state index contributed by atoms with van der Waals surface area (Å²) in [6.45, 7) is 4.72. The minimum Gasteiger partial charge on any atom is -0.337 e. The summed E-state index contributed by atoms with van der Waals surface area (Å²) in [4.78, 5) is 36.5. The lowest BCUT2D eigenvalue weighted by molar-refractivity contribution is -0.118. The van der Waals surface area contributed by atoms with E-state index in [9.17, 15) is 22.8 Å². The quantitative estimate of drug-likeness (QED) is 0.733. The number of nitrogens with one attached hydrogen (secondary N) is 1. The Morgan fingerprint density at radius 3 is 2.38 bits per heavy atom. The Morgan fingerprint density at radius 1 is 1.06 bits per heavy atom. The van der Waals surface area contributed by atoms with Crippen LogP contribution in [0.15, 0.2) is 29.5 Å². The van der Waals surface area contributed by atoms with Crippen LogP contribution in [0.5, 0.6) is 0 Å². The van der Waals surface area contributed by atoms with Crippen molar-refractivity contribution in [3.05, 3.63) is 47.4 Å². The number of aromatic nitrogens is 2. The topological polar surface area (TPSA) is 94.0 Å². The second kappa shape index (κ2) is 9.65. The smallest absolute Gasteiger partial charge is 0.337 e. The zero-order valence-electron chi connectivity index (χ0n) is 18.7. The first-order chi connectivity index (χ1) is 16.2. The van der Waals surface area contributed by atoms with E-state index in [-0.39, 0.29) is 29.6 Å². The van der Waals surface area contributed by atoms with Gasteiger partial charge in [0.05, 0.1) is 12.2 Å². The van der Waals surface area contributed by atoms with Gasteiger partial charge < -0.3 is 15.1 Å². The van der Waals surface area contributed by atoms with Crippen molar-refractivity contribution >= 4 is 29.9 Å². The van der Waals surface area contributed by atoms with Gasteiger partial charge in [0.15, 0.2) is 11.6 Å². The largest absolute Gasteiger partial charge is 0.341 e. The molecule has 2 aromatic rings. The zero-order chi connectivity index (χ0) is 24.4. The molecule has 0 spiro atoms. The average Bonchev–Trinajstić information content (AvgIpc) is 3.29. The average molecular weight is 475 g/mol. The predicted molar refractivity (Wildman–Crippen MR) is 119 cm³/mol.